The Labute approximate surface area is 57.1 Å². The molecule has 0 saturated heterocycles. The van der Waals surface area contributed by atoms with Gasteiger partial charge in [-0.05, 0) is 6.42 Å². The van der Waals surface area contributed by atoms with Crippen LogP contribution >= 0.6 is 0 Å². The molecule has 0 aromatic heterocycles. The van der Waals surface area contributed by atoms with E-state index >= 15 is 0 Å². The van der Waals surface area contributed by atoms with E-state index in [1.54, 1.807) is 0 Å². The molecular formula is C7H17NO. The summed E-state index contributed by atoms with van der Waals surface area (Å²) in [5, 5.41) is 8.51. The molecule has 0 bridgehead atoms. The van der Waals surface area contributed by atoms with E-state index in [2.05, 4.69) is 6.92 Å². The Morgan fingerprint density at radius 2 is 2.11 bits per heavy atom. The minimum Gasteiger partial charge on any atom is -0.395 e. The van der Waals surface area contributed by atoms with Crippen molar-refractivity contribution in [3.8, 4) is 0 Å². The van der Waals surface area contributed by atoms with Crippen molar-refractivity contribution in [2.24, 2.45) is 5.73 Å². The van der Waals surface area contributed by atoms with Crippen LogP contribution in [0.25, 0.3) is 0 Å². The summed E-state index contributed by atoms with van der Waals surface area (Å²) in [7, 11) is 0. The molecule has 1 atom stereocenters. The molecule has 0 spiro atoms. The van der Waals surface area contributed by atoms with Crippen molar-refractivity contribution in [3.05, 3.63) is 0 Å². The molecule has 0 fully saturated rings. The van der Waals surface area contributed by atoms with Crippen molar-refractivity contribution >= 4 is 0 Å². The lowest BCUT2D eigenvalue weighted by Gasteiger charge is -2.05. The summed E-state index contributed by atoms with van der Waals surface area (Å²) in [4.78, 5) is 0. The molecule has 0 saturated carbocycles. The maximum absolute atomic E-state index is 8.51. The van der Waals surface area contributed by atoms with E-state index in [0.29, 0.717) is 0 Å². The Balaban J connectivity index is 2.88. The Morgan fingerprint density at radius 3 is 2.56 bits per heavy atom. The second-order valence-corrected chi connectivity index (χ2v) is 2.44. The SMILES string of the molecule is CCCCC[C@@H](N)CO. The van der Waals surface area contributed by atoms with E-state index in [0.717, 1.165) is 12.8 Å². The van der Waals surface area contributed by atoms with E-state index in [1.807, 2.05) is 0 Å². The first-order chi connectivity index (χ1) is 4.31. The number of hydrogen-bond donors (Lipinski definition) is 2. The molecule has 0 rings (SSSR count). The molecule has 0 aliphatic heterocycles. The van der Waals surface area contributed by atoms with E-state index in [9.17, 15) is 0 Å². The molecule has 2 heteroatoms. The Hall–Kier alpha value is -0.0800. The first kappa shape index (κ1) is 8.92. The van der Waals surface area contributed by atoms with Gasteiger partial charge in [0.2, 0.25) is 0 Å². The molecule has 2 nitrogen and oxygen atoms in total. The van der Waals surface area contributed by atoms with Gasteiger partial charge in [-0.1, -0.05) is 26.2 Å². The third-order valence-corrected chi connectivity index (χ3v) is 1.41. The second kappa shape index (κ2) is 6.05. The van der Waals surface area contributed by atoms with Crippen molar-refractivity contribution in [2.45, 2.75) is 38.6 Å². The summed E-state index contributed by atoms with van der Waals surface area (Å²) in [5.41, 5.74) is 5.46. The van der Waals surface area contributed by atoms with E-state index in [-0.39, 0.29) is 12.6 Å². The predicted octanol–water partition coefficient (Wildman–Crippen LogP) is 0.886. The zero-order valence-electron chi connectivity index (χ0n) is 6.14. The van der Waals surface area contributed by atoms with E-state index < -0.39 is 0 Å². The summed E-state index contributed by atoms with van der Waals surface area (Å²) < 4.78 is 0. The van der Waals surface area contributed by atoms with Gasteiger partial charge >= 0.3 is 0 Å². The first-order valence-corrected chi connectivity index (χ1v) is 3.67. The lowest BCUT2D eigenvalue weighted by atomic mass is 10.1. The number of aliphatic hydroxyl groups is 1. The molecular weight excluding hydrogens is 114 g/mol. The van der Waals surface area contributed by atoms with Gasteiger partial charge in [0.25, 0.3) is 0 Å². The maximum Gasteiger partial charge on any atom is 0.0582 e. The van der Waals surface area contributed by atoms with E-state index in [4.69, 9.17) is 10.8 Å². The van der Waals surface area contributed by atoms with Gasteiger partial charge in [-0.25, -0.2) is 0 Å². The van der Waals surface area contributed by atoms with Gasteiger partial charge in [0, 0.05) is 6.04 Å². The van der Waals surface area contributed by atoms with Gasteiger partial charge < -0.3 is 10.8 Å². The van der Waals surface area contributed by atoms with Gasteiger partial charge in [-0.3, -0.25) is 0 Å². The van der Waals surface area contributed by atoms with Gasteiger partial charge in [-0.2, -0.15) is 0 Å². The fourth-order valence-corrected chi connectivity index (χ4v) is 0.748. The summed E-state index contributed by atoms with van der Waals surface area (Å²) in [6.07, 6.45) is 4.56. The van der Waals surface area contributed by atoms with E-state index in [1.165, 1.54) is 12.8 Å². The monoisotopic (exact) mass is 131 g/mol. The number of hydrogen-bond acceptors (Lipinski definition) is 2. The van der Waals surface area contributed by atoms with Crippen LogP contribution in [0.1, 0.15) is 32.6 Å². The zero-order chi connectivity index (χ0) is 7.11. The smallest absolute Gasteiger partial charge is 0.0582 e. The topological polar surface area (TPSA) is 46.2 Å². The van der Waals surface area contributed by atoms with Crippen LogP contribution in [0.3, 0.4) is 0 Å². The van der Waals surface area contributed by atoms with Crippen molar-refractivity contribution in [3.63, 3.8) is 0 Å². The summed E-state index contributed by atoms with van der Waals surface area (Å²) in [5.74, 6) is 0. The van der Waals surface area contributed by atoms with Crippen molar-refractivity contribution in [2.75, 3.05) is 6.61 Å². The minimum absolute atomic E-state index is 0.0107. The van der Waals surface area contributed by atoms with Gasteiger partial charge in [0.05, 0.1) is 6.61 Å². The summed E-state index contributed by atoms with van der Waals surface area (Å²) in [6, 6.07) is 0.0107. The molecule has 0 aliphatic carbocycles. The summed E-state index contributed by atoms with van der Waals surface area (Å²) >= 11 is 0. The van der Waals surface area contributed by atoms with Crippen LogP contribution in [0.15, 0.2) is 0 Å². The van der Waals surface area contributed by atoms with Crippen LogP contribution in [-0.2, 0) is 0 Å². The number of aliphatic hydroxyl groups excluding tert-OH is 1. The van der Waals surface area contributed by atoms with Gasteiger partial charge in [0.15, 0.2) is 0 Å². The standard InChI is InChI=1S/C7H17NO/c1-2-3-4-5-7(8)6-9/h7,9H,2-6,8H2,1H3/t7-/m1/s1. The quantitative estimate of drug-likeness (QED) is 0.544. The molecule has 9 heavy (non-hydrogen) atoms. The molecule has 0 aliphatic rings. The minimum atomic E-state index is 0.0107. The average molecular weight is 131 g/mol. The predicted molar refractivity (Wildman–Crippen MR) is 39.2 cm³/mol. The largest absolute Gasteiger partial charge is 0.395 e. The first-order valence-electron chi connectivity index (χ1n) is 3.67. The molecule has 0 aromatic rings. The molecule has 3 N–H and O–H groups in total. The zero-order valence-corrected chi connectivity index (χ0v) is 6.14. The average Bonchev–Trinajstić information content (AvgIpc) is 1.89. The number of unbranched alkanes of at least 4 members (excludes halogenated alkanes) is 2. The van der Waals surface area contributed by atoms with Crippen LogP contribution in [0, 0.1) is 0 Å². The normalized spacial score (nSPS) is 13.7. The fraction of sp³-hybridized carbons (Fsp3) is 1.00. The van der Waals surface area contributed by atoms with Crippen LogP contribution < -0.4 is 5.73 Å². The van der Waals surface area contributed by atoms with Gasteiger partial charge in [0.1, 0.15) is 0 Å². The molecule has 0 aromatic carbocycles. The Kier molecular flexibility index (Phi) is 5.99. The highest BCUT2D eigenvalue weighted by atomic mass is 16.3. The Morgan fingerprint density at radius 1 is 1.44 bits per heavy atom. The summed E-state index contributed by atoms with van der Waals surface area (Å²) in [6.45, 7) is 2.29. The lowest BCUT2D eigenvalue weighted by molar-refractivity contribution is 0.257. The number of rotatable bonds is 5. The highest BCUT2D eigenvalue weighted by molar-refractivity contribution is 4.57. The lowest BCUT2D eigenvalue weighted by Crippen LogP contribution is -2.23. The molecule has 0 amide bonds. The van der Waals surface area contributed by atoms with Crippen molar-refractivity contribution < 1.29 is 5.11 Å². The number of nitrogens with two attached hydrogens (primary N) is 1. The maximum atomic E-state index is 8.51. The highest BCUT2D eigenvalue weighted by Gasteiger charge is 1.97. The van der Waals surface area contributed by atoms with Crippen LogP contribution in [-0.4, -0.2) is 17.8 Å². The van der Waals surface area contributed by atoms with Crippen LogP contribution in [0.4, 0.5) is 0 Å². The van der Waals surface area contributed by atoms with Gasteiger partial charge in [-0.15, -0.1) is 0 Å². The van der Waals surface area contributed by atoms with Crippen molar-refractivity contribution in [1.29, 1.82) is 0 Å². The highest BCUT2D eigenvalue weighted by Crippen LogP contribution is 2.00. The molecule has 56 valence electrons. The fourth-order valence-electron chi connectivity index (χ4n) is 0.748. The van der Waals surface area contributed by atoms with Crippen molar-refractivity contribution in [1.82, 2.24) is 0 Å². The molecule has 0 radical (unpaired) electrons. The van der Waals surface area contributed by atoms with Crippen LogP contribution in [0.5, 0.6) is 0 Å². The molecule has 0 heterocycles. The Bertz CT molecular complexity index is 56.9. The third kappa shape index (κ3) is 5.80. The van der Waals surface area contributed by atoms with Crippen LogP contribution in [0.2, 0.25) is 0 Å². The second-order valence-electron chi connectivity index (χ2n) is 2.44. The molecule has 0 unspecified atom stereocenters. The third-order valence-electron chi connectivity index (χ3n) is 1.41.